The quantitative estimate of drug-likeness (QED) is 0.307. The van der Waals surface area contributed by atoms with Crippen LogP contribution >= 0.6 is 0 Å². The fraction of sp³-hybridized carbons (Fsp3) is 0.214. The van der Waals surface area contributed by atoms with E-state index in [4.69, 9.17) is 9.47 Å². The number of aliphatic hydroxyl groups excluding tert-OH is 1. The first-order valence-electron chi connectivity index (χ1n) is 11.1. The first-order valence-corrected chi connectivity index (χ1v) is 11.1. The van der Waals surface area contributed by atoms with Gasteiger partial charge in [0.05, 0.1) is 25.3 Å². The molecule has 4 rings (SSSR count). The van der Waals surface area contributed by atoms with Crippen LogP contribution < -0.4 is 14.4 Å². The summed E-state index contributed by atoms with van der Waals surface area (Å²) in [5, 5.41) is 11.3. The van der Waals surface area contributed by atoms with E-state index in [-0.39, 0.29) is 11.3 Å². The van der Waals surface area contributed by atoms with Gasteiger partial charge in [-0.05, 0) is 62.2 Å². The number of hydrogen-bond acceptors (Lipinski definition) is 5. The average molecular weight is 458 g/mol. The van der Waals surface area contributed by atoms with Gasteiger partial charge in [-0.15, -0.1) is 0 Å². The molecule has 34 heavy (non-hydrogen) atoms. The van der Waals surface area contributed by atoms with Gasteiger partial charge >= 0.3 is 0 Å². The molecule has 1 heterocycles. The molecule has 1 saturated heterocycles. The van der Waals surface area contributed by atoms with Gasteiger partial charge in [0.2, 0.25) is 0 Å². The molecule has 0 aliphatic carbocycles. The van der Waals surface area contributed by atoms with Gasteiger partial charge in [0, 0.05) is 11.3 Å². The lowest BCUT2D eigenvalue weighted by atomic mass is 9.94. The van der Waals surface area contributed by atoms with Crippen LogP contribution in [0.2, 0.25) is 0 Å². The van der Waals surface area contributed by atoms with Crippen LogP contribution in [0, 0.1) is 13.8 Å². The summed E-state index contributed by atoms with van der Waals surface area (Å²) in [5.74, 6) is -0.448. The van der Waals surface area contributed by atoms with E-state index in [1.807, 2.05) is 39.0 Å². The summed E-state index contributed by atoms with van der Waals surface area (Å²) in [6, 6.07) is 18.9. The summed E-state index contributed by atoms with van der Waals surface area (Å²) in [7, 11) is 1.57. The first kappa shape index (κ1) is 23.1. The molecule has 1 aliphatic heterocycles. The second-order valence-electron chi connectivity index (χ2n) is 8.19. The van der Waals surface area contributed by atoms with E-state index in [9.17, 15) is 14.7 Å². The number of ketones is 1. The monoisotopic (exact) mass is 457 g/mol. The highest BCUT2D eigenvalue weighted by Gasteiger charge is 2.47. The van der Waals surface area contributed by atoms with Crippen LogP contribution in [0.4, 0.5) is 5.69 Å². The van der Waals surface area contributed by atoms with Crippen LogP contribution in [-0.4, -0.2) is 30.5 Å². The van der Waals surface area contributed by atoms with Gasteiger partial charge in [-0.2, -0.15) is 0 Å². The predicted octanol–water partition coefficient (Wildman–Crippen LogP) is 5.34. The van der Waals surface area contributed by atoms with Crippen molar-refractivity contribution < 1.29 is 24.2 Å². The molecule has 0 saturated carbocycles. The Morgan fingerprint density at radius 3 is 2.35 bits per heavy atom. The molecular weight excluding hydrogens is 430 g/mol. The number of amides is 1. The van der Waals surface area contributed by atoms with E-state index in [2.05, 4.69) is 0 Å². The summed E-state index contributed by atoms with van der Waals surface area (Å²) in [5.41, 5.74) is 3.65. The summed E-state index contributed by atoms with van der Waals surface area (Å²) in [6.45, 7) is 6.20. The van der Waals surface area contributed by atoms with Gasteiger partial charge < -0.3 is 14.6 Å². The lowest BCUT2D eigenvalue weighted by Crippen LogP contribution is -2.30. The predicted molar refractivity (Wildman–Crippen MR) is 131 cm³/mol. The van der Waals surface area contributed by atoms with E-state index in [1.165, 1.54) is 4.90 Å². The number of aliphatic hydroxyl groups is 1. The summed E-state index contributed by atoms with van der Waals surface area (Å²) < 4.78 is 10.8. The minimum Gasteiger partial charge on any atom is -0.507 e. The molecule has 0 bridgehead atoms. The first-order chi connectivity index (χ1) is 16.3. The SMILES string of the molecule is CCOc1cccc(/C(O)=C2\C(=O)C(=O)N(c3ccc(C)cc3C)C2c2ccc(OC)cc2)c1. The highest BCUT2D eigenvalue weighted by Crippen LogP contribution is 2.43. The van der Waals surface area contributed by atoms with E-state index < -0.39 is 17.7 Å². The van der Waals surface area contributed by atoms with Crippen LogP contribution in [0.5, 0.6) is 11.5 Å². The maximum Gasteiger partial charge on any atom is 0.300 e. The summed E-state index contributed by atoms with van der Waals surface area (Å²) in [6.07, 6.45) is 0. The Hall–Kier alpha value is -4.06. The Balaban J connectivity index is 1.93. The maximum atomic E-state index is 13.3. The zero-order valence-corrected chi connectivity index (χ0v) is 19.7. The van der Waals surface area contributed by atoms with Crippen molar-refractivity contribution in [1.82, 2.24) is 0 Å². The number of benzene rings is 3. The van der Waals surface area contributed by atoms with Crippen LogP contribution in [-0.2, 0) is 9.59 Å². The highest BCUT2D eigenvalue weighted by atomic mass is 16.5. The molecule has 3 aromatic carbocycles. The Morgan fingerprint density at radius 1 is 0.971 bits per heavy atom. The molecule has 0 radical (unpaired) electrons. The average Bonchev–Trinajstić information content (AvgIpc) is 3.09. The van der Waals surface area contributed by atoms with Gasteiger partial charge in [0.1, 0.15) is 17.3 Å². The zero-order valence-electron chi connectivity index (χ0n) is 19.7. The van der Waals surface area contributed by atoms with Gasteiger partial charge in [0.15, 0.2) is 0 Å². The fourth-order valence-corrected chi connectivity index (χ4v) is 4.31. The zero-order chi connectivity index (χ0) is 24.4. The number of carbonyl (C=O) groups excluding carboxylic acids is 2. The lowest BCUT2D eigenvalue weighted by molar-refractivity contribution is -0.132. The fourth-order valence-electron chi connectivity index (χ4n) is 4.31. The topological polar surface area (TPSA) is 76.1 Å². The molecule has 6 nitrogen and oxygen atoms in total. The van der Waals surface area contributed by atoms with Crippen molar-refractivity contribution in [3.05, 3.63) is 94.6 Å². The van der Waals surface area contributed by atoms with E-state index >= 15 is 0 Å². The second-order valence-corrected chi connectivity index (χ2v) is 8.19. The van der Waals surface area contributed by atoms with Crippen molar-refractivity contribution in [2.24, 2.45) is 0 Å². The van der Waals surface area contributed by atoms with Gasteiger partial charge in [0.25, 0.3) is 11.7 Å². The van der Waals surface area contributed by atoms with Crippen molar-refractivity contribution in [2.45, 2.75) is 26.8 Å². The van der Waals surface area contributed by atoms with Crippen molar-refractivity contribution >= 4 is 23.1 Å². The standard InChI is InChI=1S/C28H27NO5/c1-5-34-22-8-6-7-20(16-22)26(30)24-25(19-10-12-21(33-4)13-11-19)29(28(32)27(24)31)23-14-9-17(2)15-18(23)3/h6-16,25,30H,5H2,1-4H3/b26-24+. The number of aryl methyl sites for hydroxylation is 2. The number of rotatable bonds is 6. The maximum absolute atomic E-state index is 13.3. The van der Waals surface area contributed by atoms with Gasteiger partial charge in [-0.25, -0.2) is 0 Å². The van der Waals surface area contributed by atoms with Crippen molar-refractivity contribution in [3.8, 4) is 11.5 Å². The largest absolute Gasteiger partial charge is 0.507 e. The molecule has 0 spiro atoms. The smallest absolute Gasteiger partial charge is 0.300 e. The third-order valence-electron chi connectivity index (χ3n) is 5.91. The molecule has 1 fully saturated rings. The molecule has 0 aromatic heterocycles. The van der Waals surface area contributed by atoms with E-state index in [0.717, 1.165) is 11.1 Å². The molecular formula is C28H27NO5. The summed E-state index contributed by atoms with van der Waals surface area (Å²) >= 11 is 0. The highest BCUT2D eigenvalue weighted by molar-refractivity contribution is 6.51. The molecule has 1 N–H and O–H groups in total. The molecule has 174 valence electrons. The van der Waals surface area contributed by atoms with Gasteiger partial charge in [-0.1, -0.05) is 42.0 Å². The minimum atomic E-state index is -0.803. The third-order valence-corrected chi connectivity index (χ3v) is 5.91. The number of methoxy groups -OCH3 is 1. The Bertz CT molecular complexity index is 1280. The molecule has 1 atom stereocenters. The summed E-state index contributed by atoms with van der Waals surface area (Å²) in [4.78, 5) is 28.2. The minimum absolute atomic E-state index is 0.0313. The van der Waals surface area contributed by atoms with Crippen LogP contribution in [0.3, 0.4) is 0 Å². The van der Waals surface area contributed by atoms with Crippen molar-refractivity contribution in [1.29, 1.82) is 0 Å². The normalized spacial score (nSPS) is 17.2. The molecule has 1 aliphatic rings. The van der Waals surface area contributed by atoms with Crippen molar-refractivity contribution in [2.75, 3.05) is 18.6 Å². The Morgan fingerprint density at radius 2 is 1.71 bits per heavy atom. The number of ether oxygens (including phenoxy) is 2. The third kappa shape index (κ3) is 4.15. The van der Waals surface area contributed by atoms with E-state index in [0.29, 0.717) is 34.9 Å². The van der Waals surface area contributed by atoms with Gasteiger partial charge in [-0.3, -0.25) is 14.5 Å². The molecule has 3 aromatic rings. The molecule has 1 amide bonds. The second kappa shape index (κ2) is 9.43. The number of Topliss-reactive ketones (excluding diaryl/α,β-unsaturated/α-hetero) is 1. The number of hydrogen-bond donors (Lipinski definition) is 1. The Labute approximate surface area is 199 Å². The van der Waals surface area contributed by atoms with Crippen LogP contribution in [0.25, 0.3) is 5.76 Å². The molecule has 6 heteroatoms. The number of nitrogens with zero attached hydrogens (tertiary/aromatic N) is 1. The lowest BCUT2D eigenvalue weighted by Gasteiger charge is -2.27. The van der Waals surface area contributed by atoms with Crippen molar-refractivity contribution in [3.63, 3.8) is 0 Å². The van der Waals surface area contributed by atoms with Crippen LogP contribution in [0.1, 0.15) is 35.2 Å². The van der Waals surface area contributed by atoms with Crippen LogP contribution in [0.15, 0.2) is 72.3 Å². The number of anilines is 1. The number of carbonyl (C=O) groups is 2. The molecule has 1 unspecified atom stereocenters. The Kier molecular flexibility index (Phi) is 6.41. The van der Waals surface area contributed by atoms with E-state index in [1.54, 1.807) is 55.6 Å².